The van der Waals surface area contributed by atoms with E-state index in [9.17, 15) is 14.7 Å². The fraction of sp³-hybridized carbons (Fsp3) is 0.222. The van der Waals surface area contributed by atoms with Crippen LogP contribution in [0.2, 0.25) is 5.02 Å². The van der Waals surface area contributed by atoms with Gasteiger partial charge in [-0.05, 0) is 48.9 Å². The number of fused-ring (bicyclic) bond motifs is 1. The molecule has 124 valence electrons. The first-order valence-electron chi connectivity index (χ1n) is 7.34. The molecule has 4 nitrogen and oxygen atoms in total. The largest absolute Gasteiger partial charge is 0.375 e. The summed E-state index contributed by atoms with van der Waals surface area (Å²) in [4.78, 5) is 26.6. The molecule has 1 aliphatic rings. The number of hydrogen-bond acceptors (Lipinski definition) is 3. The van der Waals surface area contributed by atoms with E-state index >= 15 is 0 Å². The molecule has 0 saturated carbocycles. The minimum Gasteiger partial charge on any atom is -0.375 e. The number of aliphatic hydroxyl groups is 1. The summed E-state index contributed by atoms with van der Waals surface area (Å²) in [5.74, 6) is -0.817. The minimum atomic E-state index is -1.87. The molecule has 3 rings (SSSR count). The second-order valence-electron chi connectivity index (χ2n) is 5.95. The molecular weight excluding hydrogens is 394 g/mol. The number of likely N-dealkylation sites (N-methyl/N-ethyl adjacent to an activating group) is 1. The summed E-state index contributed by atoms with van der Waals surface area (Å²) in [6.07, 6.45) is -0.319. The van der Waals surface area contributed by atoms with Gasteiger partial charge in [-0.25, -0.2) is 0 Å². The number of hydrogen-bond donors (Lipinski definition) is 1. The van der Waals surface area contributed by atoms with Crippen molar-refractivity contribution in [3.63, 3.8) is 0 Å². The van der Waals surface area contributed by atoms with Crippen LogP contribution in [-0.4, -0.2) is 23.8 Å². The van der Waals surface area contributed by atoms with E-state index in [0.717, 1.165) is 10.0 Å². The predicted molar refractivity (Wildman–Crippen MR) is 96.6 cm³/mol. The molecule has 0 saturated heterocycles. The zero-order valence-corrected chi connectivity index (χ0v) is 15.5. The van der Waals surface area contributed by atoms with E-state index in [0.29, 0.717) is 21.8 Å². The Balaban J connectivity index is 2.03. The lowest BCUT2D eigenvalue weighted by Gasteiger charge is -2.21. The van der Waals surface area contributed by atoms with Crippen LogP contribution in [0.3, 0.4) is 0 Å². The van der Waals surface area contributed by atoms with Gasteiger partial charge in [0.15, 0.2) is 11.4 Å². The van der Waals surface area contributed by atoms with Gasteiger partial charge in [0.1, 0.15) is 0 Å². The van der Waals surface area contributed by atoms with Crippen molar-refractivity contribution in [1.29, 1.82) is 0 Å². The number of carbonyl (C=O) groups excluding carboxylic acids is 2. The lowest BCUT2D eigenvalue weighted by Crippen LogP contribution is -2.40. The lowest BCUT2D eigenvalue weighted by molar-refractivity contribution is -0.135. The van der Waals surface area contributed by atoms with Crippen molar-refractivity contribution in [2.24, 2.45) is 0 Å². The van der Waals surface area contributed by atoms with Gasteiger partial charge in [0.25, 0.3) is 5.91 Å². The maximum Gasteiger partial charge on any atom is 0.263 e. The van der Waals surface area contributed by atoms with Crippen molar-refractivity contribution >= 4 is 44.9 Å². The van der Waals surface area contributed by atoms with Crippen LogP contribution < -0.4 is 4.90 Å². The number of halogens is 2. The summed E-state index contributed by atoms with van der Waals surface area (Å²) >= 11 is 9.22. The zero-order valence-electron chi connectivity index (χ0n) is 13.1. The first-order chi connectivity index (χ1) is 11.2. The van der Waals surface area contributed by atoms with Crippen molar-refractivity contribution in [3.8, 4) is 0 Å². The van der Waals surface area contributed by atoms with Gasteiger partial charge in [-0.3, -0.25) is 9.59 Å². The second kappa shape index (κ2) is 5.99. The first-order valence-corrected chi connectivity index (χ1v) is 8.51. The number of benzene rings is 2. The average Bonchev–Trinajstić information content (AvgIpc) is 2.70. The van der Waals surface area contributed by atoms with Gasteiger partial charge in [-0.2, -0.15) is 0 Å². The van der Waals surface area contributed by atoms with Crippen molar-refractivity contribution in [2.75, 3.05) is 11.9 Å². The van der Waals surface area contributed by atoms with Crippen LogP contribution in [0.4, 0.5) is 5.69 Å². The molecule has 0 bridgehead atoms. The van der Waals surface area contributed by atoms with Gasteiger partial charge in [0, 0.05) is 27.7 Å². The molecule has 0 spiro atoms. The maximum absolute atomic E-state index is 12.7. The molecule has 1 N–H and O–H groups in total. The van der Waals surface area contributed by atoms with Crippen LogP contribution in [0.1, 0.15) is 27.9 Å². The van der Waals surface area contributed by atoms with Crippen LogP contribution in [0, 0.1) is 6.92 Å². The van der Waals surface area contributed by atoms with Gasteiger partial charge in [0.2, 0.25) is 0 Å². The predicted octanol–water partition coefficient (Wildman–Crippen LogP) is 3.85. The smallest absolute Gasteiger partial charge is 0.263 e. The van der Waals surface area contributed by atoms with Crippen molar-refractivity contribution in [3.05, 3.63) is 62.6 Å². The second-order valence-corrected chi connectivity index (χ2v) is 7.30. The molecule has 1 unspecified atom stereocenters. The molecule has 2 aromatic rings. The van der Waals surface area contributed by atoms with E-state index in [2.05, 4.69) is 15.9 Å². The van der Waals surface area contributed by atoms with E-state index in [-0.39, 0.29) is 12.2 Å². The topological polar surface area (TPSA) is 57.6 Å². The number of nitrogens with zero attached hydrogens (tertiary/aromatic N) is 1. The average molecular weight is 409 g/mol. The monoisotopic (exact) mass is 407 g/mol. The molecular formula is C18H15BrClNO3. The number of amides is 1. The number of anilines is 1. The molecule has 1 amide bonds. The Hall–Kier alpha value is -1.69. The molecule has 24 heavy (non-hydrogen) atoms. The van der Waals surface area contributed by atoms with Crippen LogP contribution >= 0.6 is 27.5 Å². The van der Waals surface area contributed by atoms with Gasteiger partial charge < -0.3 is 10.0 Å². The molecule has 6 heteroatoms. The van der Waals surface area contributed by atoms with Crippen molar-refractivity contribution in [1.82, 2.24) is 0 Å². The lowest BCUT2D eigenvalue weighted by atomic mass is 9.87. The van der Waals surface area contributed by atoms with Crippen LogP contribution in [0.5, 0.6) is 0 Å². The Bertz CT molecular complexity index is 850. The Morgan fingerprint density at radius 2 is 1.92 bits per heavy atom. The Labute approximate surface area is 153 Å². The normalized spacial score (nSPS) is 19.5. The summed E-state index contributed by atoms with van der Waals surface area (Å²) in [6, 6.07) is 9.95. The number of carbonyl (C=O) groups is 2. The third-order valence-electron chi connectivity index (χ3n) is 4.29. The molecule has 1 aliphatic heterocycles. The van der Waals surface area contributed by atoms with E-state index in [1.807, 2.05) is 13.0 Å². The molecule has 0 fully saturated rings. The third kappa shape index (κ3) is 2.66. The standard InChI is InChI=1S/C18H15BrClNO3/c1-10-7-12(19)8-14-16(10)21(2)17(23)18(14,24)9-15(22)11-3-5-13(20)6-4-11/h3-8,24H,9H2,1-2H3. The van der Waals surface area contributed by atoms with Gasteiger partial charge >= 0.3 is 0 Å². The highest BCUT2D eigenvalue weighted by atomic mass is 79.9. The van der Waals surface area contributed by atoms with Gasteiger partial charge in [-0.15, -0.1) is 0 Å². The molecule has 0 radical (unpaired) electrons. The summed E-state index contributed by atoms with van der Waals surface area (Å²) in [5, 5.41) is 11.6. The Morgan fingerprint density at radius 3 is 2.54 bits per heavy atom. The number of aryl methyl sites for hydroxylation is 1. The van der Waals surface area contributed by atoms with Gasteiger partial charge in [0.05, 0.1) is 12.1 Å². The van der Waals surface area contributed by atoms with E-state index in [4.69, 9.17) is 11.6 Å². The van der Waals surface area contributed by atoms with Crippen molar-refractivity contribution in [2.45, 2.75) is 18.9 Å². The fourth-order valence-electron chi connectivity index (χ4n) is 3.13. The molecule has 0 aromatic heterocycles. The quantitative estimate of drug-likeness (QED) is 0.785. The highest BCUT2D eigenvalue weighted by Crippen LogP contribution is 2.45. The first kappa shape index (κ1) is 17.1. The summed E-state index contributed by atoms with van der Waals surface area (Å²) in [6.45, 7) is 1.86. The highest BCUT2D eigenvalue weighted by molar-refractivity contribution is 9.10. The van der Waals surface area contributed by atoms with Crippen LogP contribution in [0.15, 0.2) is 40.9 Å². The number of Topliss-reactive ketones (excluding diaryl/α,β-unsaturated/α-hetero) is 1. The SMILES string of the molecule is Cc1cc(Br)cc2c1N(C)C(=O)C2(O)CC(=O)c1ccc(Cl)cc1. The number of rotatable bonds is 3. The summed E-state index contributed by atoms with van der Waals surface area (Å²) < 4.78 is 0.749. The van der Waals surface area contributed by atoms with E-state index in [1.165, 1.54) is 4.90 Å². The maximum atomic E-state index is 12.7. The van der Waals surface area contributed by atoms with Gasteiger partial charge in [-0.1, -0.05) is 27.5 Å². The zero-order chi connectivity index (χ0) is 17.6. The number of ketones is 1. The Morgan fingerprint density at radius 1 is 1.29 bits per heavy atom. The third-order valence-corrected chi connectivity index (χ3v) is 5.00. The summed E-state index contributed by atoms with van der Waals surface area (Å²) in [7, 11) is 1.60. The molecule has 0 aliphatic carbocycles. The minimum absolute atomic E-state index is 0.318. The van der Waals surface area contributed by atoms with E-state index in [1.54, 1.807) is 37.4 Å². The van der Waals surface area contributed by atoms with E-state index < -0.39 is 11.5 Å². The molecule has 1 heterocycles. The fourth-order valence-corrected chi connectivity index (χ4v) is 3.83. The van der Waals surface area contributed by atoms with Crippen LogP contribution in [-0.2, 0) is 10.4 Å². The summed E-state index contributed by atoms with van der Waals surface area (Å²) in [5.41, 5.74) is 0.488. The van der Waals surface area contributed by atoms with Crippen LogP contribution in [0.25, 0.3) is 0 Å². The van der Waals surface area contributed by atoms with Crippen molar-refractivity contribution < 1.29 is 14.7 Å². The molecule has 2 aromatic carbocycles. The highest BCUT2D eigenvalue weighted by Gasteiger charge is 2.50. The Kier molecular flexibility index (Phi) is 4.28. The molecule has 1 atom stereocenters.